The highest BCUT2D eigenvalue weighted by molar-refractivity contribution is 5.91. The fraction of sp³-hybridized carbons (Fsp3) is 0.933. The molecule has 1 aliphatic carbocycles. The molecule has 2 atom stereocenters. The second-order valence-electron chi connectivity index (χ2n) is 6.37. The molecule has 0 aromatic carbocycles. The molecule has 1 N–H and O–H groups in total. The topological polar surface area (TPSA) is 44.8 Å². The third-order valence-corrected chi connectivity index (χ3v) is 4.87. The molecule has 0 bridgehead atoms. The average molecular weight is 281 g/mol. The number of carbonyl (C=O) groups is 1. The summed E-state index contributed by atoms with van der Waals surface area (Å²) < 4.78 is 5.87. The summed E-state index contributed by atoms with van der Waals surface area (Å²) in [4.78, 5) is 17.1. The van der Waals surface area contributed by atoms with Crippen LogP contribution in [0.4, 0.5) is 0 Å². The van der Waals surface area contributed by atoms with E-state index in [-0.39, 0.29) is 17.8 Å². The molecule has 1 spiro atoms. The van der Waals surface area contributed by atoms with E-state index >= 15 is 0 Å². The largest absolute Gasteiger partial charge is 0.374 e. The summed E-state index contributed by atoms with van der Waals surface area (Å²) >= 11 is 0. The third-order valence-electron chi connectivity index (χ3n) is 4.87. The van der Waals surface area contributed by atoms with E-state index in [9.17, 15) is 4.79 Å². The molecule has 0 aromatic heterocycles. The fourth-order valence-electron chi connectivity index (χ4n) is 3.47. The van der Waals surface area contributed by atoms with Crippen molar-refractivity contribution in [3.63, 3.8) is 0 Å². The van der Waals surface area contributed by atoms with Crippen molar-refractivity contribution in [3.8, 4) is 0 Å². The van der Waals surface area contributed by atoms with Gasteiger partial charge in [-0.3, -0.25) is 15.0 Å². The molecule has 2 aliphatic heterocycles. The first-order valence-corrected chi connectivity index (χ1v) is 8.11. The summed E-state index contributed by atoms with van der Waals surface area (Å²) in [7, 11) is 0. The highest BCUT2D eigenvalue weighted by Gasteiger charge is 2.58. The summed E-state index contributed by atoms with van der Waals surface area (Å²) in [5.74, 6) is 0.313. The summed E-state index contributed by atoms with van der Waals surface area (Å²) in [5.41, 5.74) is -0.195. The molecule has 5 heteroatoms. The fourth-order valence-corrected chi connectivity index (χ4v) is 3.47. The maximum Gasteiger partial charge on any atom is 0.244 e. The minimum absolute atomic E-state index is 0.169. The first-order valence-electron chi connectivity index (χ1n) is 8.11. The standard InChI is InChI=1S/C15H27N3O2/c1-3-5-13-16-15(6-7-15)14(19)18(13)11-12-10-17(4-2)8-9-20-12/h12-13,16H,3-11H2,1-2H3. The zero-order valence-electron chi connectivity index (χ0n) is 12.7. The minimum atomic E-state index is -0.195. The van der Waals surface area contributed by atoms with Crippen LogP contribution >= 0.6 is 0 Å². The van der Waals surface area contributed by atoms with Crippen LogP contribution in [0.1, 0.15) is 39.5 Å². The number of rotatable bonds is 5. The minimum Gasteiger partial charge on any atom is -0.374 e. The lowest BCUT2D eigenvalue weighted by Gasteiger charge is -2.35. The predicted octanol–water partition coefficient (Wildman–Crippen LogP) is 0.798. The Bertz CT molecular complexity index is 370. The summed E-state index contributed by atoms with van der Waals surface area (Å²) in [5, 5.41) is 3.56. The van der Waals surface area contributed by atoms with Gasteiger partial charge < -0.3 is 9.64 Å². The molecule has 1 amide bonds. The second-order valence-corrected chi connectivity index (χ2v) is 6.37. The Kier molecular flexibility index (Phi) is 4.02. The zero-order chi connectivity index (χ0) is 14.2. The van der Waals surface area contributed by atoms with Gasteiger partial charge in [-0.1, -0.05) is 20.3 Å². The Labute approximate surface area is 121 Å². The summed E-state index contributed by atoms with van der Waals surface area (Å²) in [6.45, 7) is 8.93. The number of amides is 1. The molecule has 20 heavy (non-hydrogen) atoms. The van der Waals surface area contributed by atoms with Gasteiger partial charge in [-0.2, -0.15) is 0 Å². The summed E-state index contributed by atoms with van der Waals surface area (Å²) in [6, 6.07) is 0. The molecule has 5 nitrogen and oxygen atoms in total. The molecule has 2 heterocycles. The van der Waals surface area contributed by atoms with Crippen LogP contribution in [-0.2, 0) is 9.53 Å². The molecule has 0 aromatic rings. The van der Waals surface area contributed by atoms with Crippen LogP contribution in [-0.4, -0.2) is 66.3 Å². The van der Waals surface area contributed by atoms with E-state index in [0.29, 0.717) is 5.91 Å². The molecule has 1 saturated carbocycles. The van der Waals surface area contributed by atoms with Crippen LogP contribution in [0.3, 0.4) is 0 Å². The number of hydrogen-bond donors (Lipinski definition) is 1. The number of nitrogens with zero attached hydrogens (tertiary/aromatic N) is 2. The number of morpholine rings is 1. The maximum absolute atomic E-state index is 12.6. The molecular formula is C15H27N3O2. The lowest BCUT2D eigenvalue weighted by molar-refractivity contribution is -0.134. The van der Waals surface area contributed by atoms with Gasteiger partial charge in [-0.15, -0.1) is 0 Å². The van der Waals surface area contributed by atoms with Gasteiger partial charge >= 0.3 is 0 Å². The Morgan fingerprint density at radius 3 is 2.85 bits per heavy atom. The average Bonchev–Trinajstić information content (AvgIpc) is 3.20. The van der Waals surface area contributed by atoms with Gasteiger partial charge in [0.25, 0.3) is 0 Å². The Morgan fingerprint density at radius 2 is 2.20 bits per heavy atom. The SMILES string of the molecule is CCCC1NC2(CC2)C(=O)N1CC1CN(CC)CCO1. The van der Waals surface area contributed by atoms with Gasteiger partial charge in [0.15, 0.2) is 0 Å². The van der Waals surface area contributed by atoms with E-state index in [1.165, 1.54) is 0 Å². The van der Waals surface area contributed by atoms with Crippen LogP contribution in [0.15, 0.2) is 0 Å². The quantitative estimate of drug-likeness (QED) is 0.809. The molecule has 3 rings (SSSR count). The first kappa shape index (κ1) is 14.3. The first-order chi connectivity index (χ1) is 9.68. The van der Waals surface area contributed by atoms with E-state index in [2.05, 4.69) is 29.0 Å². The van der Waals surface area contributed by atoms with Gasteiger partial charge in [0.2, 0.25) is 5.91 Å². The van der Waals surface area contributed by atoms with E-state index in [1.807, 2.05) is 0 Å². The van der Waals surface area contributed by atoms with Crippen LogP contribution in [0.2, 0.25) is 0 Å². The van der Waals surface area contributed by atoms with Gasteiger partial charge in [0, 0.05) is 19.6 Å². The lowest BCUT2D eigenvalue weighted by Crippen LogP contribution is -2.50. The van der Waals surface area contributed by atoms with Crippen molar-refractivity contribution >= 4 is 5.91 Å². The maximum atomic E-state index is 12.6. The van der Waals surface area contributed by atoms with E-state index < -0.39 is 0 Å². The van der Waals surface area contributed by atoms with E-state index in [0.717, 1.165) is 58.5 Å². The molecule has 2 saturated heterocycles. The van der Waals surface area contributed by atoms with Crippen LogP contribution in [0.5, 0.6) is 0 Å². The molecule has 3 aliphatic rings. The lowest BCUT2D eigenvalue weighted by atomic mass is 10.2. The van der Waals surface area contributed by atoms with Crippen LogP contribution in [0, 0.1) is 0 Å². The molecule has 114 valence electrons. The van der Waals surface area contributed by atoms with Crippen molar-refractivity contribution < 1.29 is 9.53 Å². The Morgan fingerprint density at radius 1 is 1.40 bits per heavy atom. The van der Waals surface area contributed by atoms with Gasteiger partial charge in [-0.05, 0) is 25.8 Å². The van der Waals surface area contributed by atoms with Crippen LogP contribution in [0.25, 0.3) is 0 Å². The Hall–Kier alpha value is -0.650. The van der Waals surface area contributed by atoms with Gasteiger partial charge in [0.05, 0.1) is 24.4 Å². The van der Waals surface area contributed by atoms with Crippen molar-refractivity contribution in [1.29, 1.82) is 0 Å². The number of carbonyl (C=O) groups excluding carboxylic acids is 1. The van der Waals surface area contributed by atoms with Crippen LogP contribution < -0.4 is 5.32 Å². The number of hydrogen-bond acceptors (Lipinski definition) is 4. The van der Waals surface area contributed by atoms with E-state index in [1.54, 1.807) is 0 Å². The zero-order valence-corrected chi connectivity index (χ0v) is 12.7. The highest BCUT2D eigenvalue weighted by Crippen LogP contribution is 2.42. The molecule has 3 fully saturated rings. The van der Waals surface area contributed by atoms with Crippen molar-refractivity contribution in [1.82, 2.24) is 15.1 Å². The normalized spacial score (nSPS) is 33.1. The number of nitrogens with one attached hydrogen (secondary N) is 1. The monoisotopic (exact) mass is 281 g/mol. The van der Waals surface area contributed by atoms with Crippen molar-refractivity contribution in [2.24, 2.45) is 0 Å². The predicted molar refractivity (Wildman–Crippen MR) is 77.4 cm³/mol. The van der Waals surface area contributed by atoms with Gasteiger partial charge in [-0.25, -0.2) is 0 Å². The van der Waals surface area contributed by atoms with E-state index in [4.69, 9.17) is 4.74 Å². The van der Waals surface area contributed by atoms with Crippen molar-refractivity contribution in [2.75, 3.05) is 32.8 Å². The van der Waals surface area contributed by atoms with Crippen molar-refractivity contribution in [2.45, 2.75) is 57.3 Å². The number of ether oxygens (including phenoxy) is 1. The van der Waals surface area contributed by atoms with Gasteiger partial charge in [0.1, 0.15) is 0 Å². The third kappa shape index (κ3) is 2.59. The highest BCUT2D eigenvalue weighted by atomic mass is 16.5. The van der Waals surface area contributed by atoms with Crippen molar-refractivity contribution in [3.05, 3.63) is 0 Å². The summed E-state index contributed by atoms with van der Waals surface area (Å²) in [6.07, 6.45) is 4.55. The molecule has 2 unspecified atom stereocenters. The number of likely N-dealkylation sites (N-methyl/N-ethyl adjacent to an activating group) is 1. The molecular weight excluding hydrogens is 254 g/mol. The molecule has 0 radical (unpaired) electrons. The second kappa shape index (κ2) is 5.62. The Balaban J connectivity index is 1.63. The smallest absolute Gasteiger partial charge is 0.244 e.